The van der Waals surface area contributed by atoms with E-state index in [9.17, 15) is 8.42 Å². The maximum atomic E-state index is 12.1. The standard InChI is InChI=1S/C25H29N7O3S/c1-31(36(2,33)34)23-19(4-3-12-27-23)17-32-15-11-18-16-28-25(30-24(18)32)29-20-5-7-21(8-6-20)35-22-9-13-26-14-10-22/h3-8,11-12,15-16,22,26H,9-10,13-14,17H2,1-2H3,(H,28,29,30). The first kappa shape index (κ1) is 24.0. The molecule has 0 spiro atoms. The lowest BCUT2D eigenvalue weighted by atomic mass is 10.1. The lowest BCUT2D eigenvalue weighted by Crippen LogP contribution is -2.34. The maximum absolute atomic E-state index is 12.1. The second-order valence-corrected chi connectivity index (χ2v) is 10.9. The second-order valence-electron chi connectivity index (χ2n) is 8.85. The SMILES string of the molecule is CN(c1ncccc1Cn1ccc2cnc(Nc3ccc(OC4CCNCC4)cc3)nc21)S(C)(=O)=O. The van der Waals surface area contributed by atoms with E-state index in [0.29, 0.717) is 18.3 Å². The van der Waals surface area contributed by atoms with Gasteiger partial charge in [0.15, 0.2) is 0 Å². The van der Waals surface area contributed by atoms with E-state index in [1.165, 1.54) is 11.4 Å². The Labute approximate surface area is 210 Å². The van der Waals surface area contributed by atoms with Crippen molar-refractivity contribution in [3.8, 4) is 5.75 Å². The lowest BCUT2D eigenvalue weighted by Gasteiger charge is -2.23. The van der Waals surface area contributed by atoms with E-state index in [1.54, 1.807) is 18.5 Å². The normalized spacial score (nSPS) is 14.6. The molecule has 4 aromatic rings. The summed E-state index contributed by atoms with van der Waals surface area (Å²) >= 11 is 0. The Kier molecular flexibility index (Phi) is 6.75. The molecule has 0 radical (unpaired) electrons. The molecule has 11 heteroatoms. The molecule has 0 saturated carbocycles. The van der Waals surface area contributed by atoms with Gasteiger partial charge in [-0.3, -0.25) is 4.31 Å². The molecule has 0 unspecified atom stereocenters. The summed E-state index contributed by atoms with van der Waals surface area (Å²) in [6.07, 6.45) is 8.70. The van der Waals surface area contributed by atoms with E-state index in [4.69, 9.17) is 9.72 Å². The molecule has 2 N–H and O–H groups in total. The van der Waals surface area contributed by atoms with E-state index in [0.717, 1.165) is 60.2 Å². The molecule has 36 heavy (non-hydrogen) atoms. The van der Waals surface area contributed by atoms with E-state index in [-0.39, 0.29) is 6.10 Å². The van der Waals surface area contributed by atoms with Gasteiger partial charge in [-0.2, -0.15) is 4.98 Å². The topological polar surface area (TPSA) is 114 Å². The molecular formula is C25H29N7O3S. The summed E-state index contributed by atoms with van der Waals surface area (Å²) in [5.41, 5.74) is 2.35. The second kappa shape index (κ2) is 10.1. The van der Waals surface area contributed by atoms with Crippen molar-refractivity contribution in [1.82, 2.24) is 24.8 Å². The molecule has 1 aromatic carbocycles. The van der Waals surface area contributed by atoms with Crippen LogP contribution >= 0.6 is 0 Å². The van der Waals surface area contributed by atoms with Gasteiger partial charge in [0, 0.05) is 42.3 Å². The van der Waals surface area contributed by atoms with Crippen LogP contribution in [0.15, 0.2) is 61.1 Å². The fourth-order valence-corrected chi connectivity index (χ4v) is 4.67. The van der Waals surface area contributed by atoms with Crippen LogP contribution in [0, 0.1) is 0 Å². The van der Waals surface area contributed by atoms with Gasteiger partial charge in [-0.05, 0) is 62.3 Å². The van der Waals surface area contributed by atoms with Crippen molar-refractivity contribution in [2.45, 2.75) is 25.5 Å². The third-order valence-electron chi connectivity index (χ3n) is 6.21. The molecule has 1 aliphatic heterocycles. The van der Waals surface area contributed by atoms with Crippen LogP contribution in [-0.2, 0) is 16.6 Å². The number of benzene rings is 1. The molecule has 0 aliphatic carbocycles. The highest BCUT2D eigenvalue weighted by Crippen LogP contribution is 2.24. The Morgan fingerprint density at radius 1 is 1.14 bits per heavy atom. The highest BCUT2D eigenvalue weighted by atomic mass is 32.2. The number of nitrogens with one attached hydrogen (secondary N) is 2. The third kappa shape index (κ3) is 5.42. The van der Waals surface area contributed by atoms with E-state index in [1.807, 2.05) is 47.2 Å². The summed E-state index contributed by atoms with van der Waals surface area (Å²) in [5.74, 6) is 1.71. The van der Waals surface area contributed by atoms with Gasteiger partial charge in [0.2, 0.25) is 16.0 Å². The van der Waals surface area contributed by atoms with Crippen LogP contribution in [-0.4, -0.2) is 60.4 Å². The molecule has 1 fully saturated rings. The fourth-order valence-electron chi connectivity index (χ4n) is 4.19. The van der Waals surface area contributed by atoms with Gasteiger partial charge >= 0.3 is 0 Å². The van der Waals surface area contributed by atoms with Gasteiger partial charge < -0.3 is 19.9 Å². The summed E-state index contributed by atoms with van der Waals surface area (Å²) < 4.78 is 33.4. The van der Waals surface area contributed by atoms with Crippen molar-refractivity contribution in [3.63, 3.8) is 0 Å². The van der Waals surface area contributed by atoms with Crippen LogP contribution in [0.25, 0.3) is 11.0 Å². The molecule has 188 valence electrons. The Bertz CT molecular complexity index is 1450. The van der Waals surface area contributed by atoms with Crippen LogP contribution in [0.5, 0.6) is 5.75 Å². The Morgan fingerprint density at radius 3 is 2.67 bits per heavy atom. The Balaban J connectivity index is 1.33. The number of rotatable bonds is 8. The van der Waals surface area contributed by atoms with Crippen LogP contribution in [0.4, 0.5) is 17.5 Å². The summed E-state index contributed by atoms with van der Waals surface area (Å²) in [6.45, 7) is 2.39. The highest BCUT2D eigenvalue weighted by molar-refractivity contribution is 7.92. The average molecular weight is 508 g/mol. The molecule has 4 heterocycles. The molecule has 3 aromatic heterocycles. The van der Waals surface area contributed by atoms with Gasteiger partial charge in [-0.15, -0.1) is 0 Å². The van der Waals surface area contributed by atoms with Crippen LogP contribution in [0.1, 0.15) is 18.4 Å². The predicted octanol–water partition coefficient (Wildman–Crippen LogP) is 3.14. The number of pyridine rings is 1. The average Bonchev–Trinajstić information content (AvgIpc) is 3.27. The van der Waals surface area contributed by atoms with Crippen molar-refractivity contribution in [2.24, 2.45) is 0 Å². The fraction of sp³-hybridized carbons (Fsp3) is 0.320. The Hall–Kier alpha value is -3.70. The van der Waals surface area contributed by atoms with Gasteiger partial charge in [-0.1, -0.05) is 6.07 Å². The van der Waals surface area contributed by atoms with Crippen LogP contribution < -0.4 is 19.7 Å². The molecule has 0 bridgehead atoms. The van der Waals surface area contributed by atoms with Crippen molar-refractivity contribution in [1.29, 1.82) is 0 Å². The lowest BCUT2D eigenvalue weighted by molar-refractivity contribution is 0.162. The first-order chi connectivity index (χ1) is 17.4. The van der Waals surface area contributed by atoms with Crippen molar-refractivity contribution in [3.05, 3.63) is 66.6 Å². The first-order valence-corrected chi connectivity index (χ1v) is 13.7. The number of fused-ring (bicyclic) bond motifs is 1. The maximum Gasteiger partial charge on any atom is 0.233 e. The molecule has 1 aliphatic rings. The van der Waals surface area contributed by atoms with Crippen molar-refractivity contribution in [2.75, 3.05) is 36.0 Å². The minimum absolute atomic E-state index is 0.251. The Morgan fingerprint density at radius 2 is 1.92 bits per heavy atom. The van der Waals surface area contributed by atoms with Crippen molar-refractivity contribution >= 4 is 38.5 Å². The van der Waals surface area contributed by atoms with Gasteiger partial charge in [0.25, 0.3) is 0 Å². The zero-order valence-corrected chi connectivity index (χ0v) is 21.1. The number of ether oxygens (including phenoxy) is 1. The van der Waals surface area contributed by atoms with Crippen LogP contribution in [0.2, 0.25) is 0 Å². The number of piperidine rings is 1. The van der Waals surface area contributed by atoms with E-state index in [2.05, 4.69) is 20.6 Å². The first-order valence-electron chi connectivity index (χ1n) is 11.8. The number of hydrogen-bond donors (Lipinski definition) is 2. The smallest absolute Gasteiger partial charge is 0.233 e. The highest BCUT2D eigenvalue weighted by Gasteiger charge is 2.18. The van der Waals surface area contributed by atoms with Crippen molar-refractivity contribution < 1.29 is 13.2 Å². The largest absolute Gasteiger partial charge is 0.490 e. The predicted molar refractivity (Wildman–Crippen MR) is 140 cm³/mol. The molecule has 0 atom stereocenters. The zero-order chi connectivity index (χ0) is 25.1. The van der Waals surface area contributed by atoms with Gasteiger partial charge in [0.05, 0.1) is 12.8 Å². The van der Waals surface area contributed by atoms with E-state index >= 15 is 0 Å². The summed E-state index contributed by atoms with van der Waals surface area (Å²) in [4.78, 5) is 13.5. The minimum Gasteiger partial charge on any atom is -0.490 e. The molecule has 10 nitrogen and oxygen atoms in total. The monoisotopic (exact) mass is 507 g/mol. The number of nitrogens with zero attached hydrogens (tertiary/aromatic N) is 5. The molecule has 5 rings (SSSR count). The number of anilines is 3. The number of sulfonamides is 1. The number of hydrogen-bond acceptors (Lipinski definition) is 8. The molecule has 1 saturated heterocycles. The summed E-state index contributed by atoms with van der Waals surface area (Å²) in [7, 11) is -1.94. The summed E-state index contributed by atoms with van der Waals surface area (Å²) in [6, 6.07) is 13.4. The molecule has 0 amide bonds. The third-order valence-corrected chi connectivity index (χ3v) is 7.37. The van der Waals surface area contributed by atoms with Crippen LogP contribution in [0.3, 0.4) is 0 Å². The quantitative estimate of drug-likeness (QED) is 0.374. The minimum atomic E-state index is -3.44. The van der Waals surface area contributed by atoms with Gasteiger partial charge in [0.1, 0.15) is 23.3 Å². The van der Waals surface area contributed by atoms with E-state index < -0.39 is 10.0 Å². The zero-order valence-electron chi connectivity index (χ0n) is 20.3. The molecular weight excluding hydrogens is 478 g/mol. The number of aromatic nitrogens is 4. The van der Waals surface area contributed by atoms with Gasteiger partial charge in [-0.25, -0.2) is 18.4 Å². The summed E-state index contributed by atoms with van der Waals surface area (Å²) in [5, 5.41) is 7.48.